The fourth-order valence-corrected chi connectivity index (χ4v) is 2.82. The number of fused-ring (bicyclic) bond motifs is 1. The van der Waals surface area contributed by atoms with Gasteiger partial charge in [0.2, 0.25) is 0 Å². The van der Waals surface area contributed by atoms with E-state index < -0.39 is 0 Å². The Morgan fingerprint density at radius 1 is 1.33 bits per heavy atom. The van der Waals surface area contributed by atoms with Crippen LogP contribution in [0, 0.1) is 5.92 Å². The zero-order valence-corrected chi connectivity index (χ0v) is 10.1. The first-order chi connectivity index (χ1) is 7.24. The number of benzene rings is 1. The van der Waals surface area contributed by atoms with Gasteiger partial charge in [-0.3, -0.25) is 0 Å². The number of hydrogen-bond donors (Lipinski definition) is 1. The van der Waals surface area contributed by atoms with Crippen LogP contribution in [0.15, 0.2) is 29.6 Å². The molecule has 15 heavy (non-hydrogen) atoms. The van der Waals surface area contributed by atoms with E-state index in [9.17, 15) is 0 Å². The van der Waals surface area contributed by atoms with E-state index in [0.29, 0.717) is 5.92 Å². The number of nitrogens with two attached hydrogens (primary N) is 1. The number of rotatable bonds is 3. The first-order valence-corrected chi connectivity index (χ1v) is 6.33. The summed E-state index contributed by atoms with van der Waals surface area (Å²) in [5, 5.41) is 3.54. The predicted molar refractivity (Wildman–Crippen MR) is 68.2 cm³/mol. The van der Waals surface area contributed by atoms with E-state index in [1.807, 2.05) is 0 Å². The molecule has 1 unspecified atom stereocenters. The van der Waals surface area contributed by atoms with Gasteiger partial charge in [-0.15, -0.1) is 11.3 Å². The number of thiophene rings is 1. The quantitative estimate of drug-likeness (QED) is 0.831. The summed E-state index contributed by atoms with van der Waals surface area (Å²) >= 11 is 1.79. The monoisotopic (exact) mass is 219 g/mol. The van der Waals surface area contributed by atoms with E-state index in [-0.39, 0.29) is 6.04 Å². The molecule has 0 bridgehead atoms. The molecule has 2 N–H and O–H groups in total. The average molecular weight is 219 g/mol. The first-order valence-electron chi connectivity index (χ1n) is 5.45. The van der Waals surface area contributed by atoms with Gasteiger partial charge in [0.15, 0.2) is 0 Å². The topological polar surface area (TPSA) is 26.0 Å². The maximum Gasteiger partial charge on any atom is 0.0346 e. The molecule has 0 saturated heterocycles. The van der Waals surface area contributed by atoms with Crippen LogP contribution in [0.1, 0.15) is 31.9 Å². The summed E-state index contributed by atoms with van der Waals surface area (Å²) in [4.78, 5) is 0. The zero-order chi connectivity index (χ0) is 10.8. The van der Waals surface area contributed by atoms with E-state index >= 15 is 0 Å². The Morgan fingerprint density at radius 3 is 2.80 bits per heavy atom. The van der Waals surface area contributed by atoms with Crippen LogP contribution in [0.25, 0.3) is 10.1 Å². The van der Waals surface area contributed by atoms with Crippen molar-refractivity contribution in [1.82, 2.24) is 0 Å². The van der Waals surface area contributed by atoms with Gasteiger partial charge in [0.25, 0.3) is 0 Å². The smallest absolute Gasteiger partial charge is 0.0346 e. The van der Waals surface area contributed by atoms with Crippen LogP contribution in [0.3, 0.4) is 0 Å². The summed E-state index contributed by atoms with van der Waals surface area (Å²) in [5.41, 5.74) is 7.58. The molecule has 2 rings (SSSR count). The van der Waals surface area contributed by atoms with Crippen LogP contribution in [0.4, 0.5) is 0 Å². The van der Waals surface area contributed by atoms with Crippen molar-refractivity contribution in [3.05, 3.63) is 35.2 Å². The molecule has 0 spiro atoms. The molecule has 0 saturated carbocycles. The Labute approximate surface area is 94.9 Å². The molecule has 2 aromatic rings. The summed E-state index contributed by atoms with van der Waals surface area (Å²) in [6.07, 6.45) is 1.13. The molecule has 0 aliphatic carbocycles. The Morgan fingerprint density at radius 2 is 2.07 bits per heavy atom. The van der Waals surface area contributed by atoms with Crippen molar-refractivity contribution in [1.29, 1.82) is 0 Å². The van der Waals surface area contributed by atoms with Crippen LogP contribution in [0.5, 0.6) is 0 Å². The molecule has 0 fully saturated rings. The minimum Gasteiger partial charge on any atom is -0.324 e. The van der Waals surface area contributed by atoms with E-state index in [1.165, 1.54) is 15.6 Å². The zero-order valence-electron chi connectivity index (χ0n) is 9.23. The minimum atomic E-state index is 0.172. The van der Waals surface area contributed by atoms with Gasteiger partial charge in [0.05, 0.1) is 0 Å². The highest BCUT2D eigenvalue weighted by Crippen LogP contribution is 2.32. The second-order valence-corrected chi connectivity index (χ2v) is 5.01. The van der Waals surface area contributed by atoms with Crippen LogP contribution < -0.4 is 5.73 Å². The summed E-state index contributed by atoms with van der Waals surface area (Å²) in [5.74, 6) is 0.544. The Balaban J connectivity index is 2.43. The molecule has 1 heterocycles. The second kappa shape index (κ2) is 4.33. The molecule has 2 heteroatoms. The summed E-state index contributed by atoms with van der Waals surface area (Å²) in [7, 11) is 0. The molecule has 1 nitrogen and oxygen atoms in total. The van der Waals surface area contributed by atoms with E-state index in [0.717, 1.165) is 6.42 Å². The van der Waals surface area contributed by atoms with Crippen molar-refractivity contribution >= 4 is 21.4 Å². The molecule has 0 aliphatic rings. The highest BCUT2D eigenvalue weighted by atomic mass is 32.1. The predicted octanol–water partition coefficient (Wildman–Crippen LogP) is 3.95. The second-order valence-electron chi connectivity index (χ2n) is 4.10. The summed E-state index contributed by atoms with van der Waals surface area (Å²) < 4.78 is 1.34. The number of hydrogen-bond acceptors (Lipinski definition) is 2. The van der Waals surface area contributed by atoms with E-state index in [1.54, 1.807) is 11.3 Å². The van der Waals surface area contributed by atoms with Crippen LogP contribution in [-0.2, 0) is 0 Å². The van der Waals surface area contributed by atoms with Crippen LogP contribution in [-0.4, -0.2) is 0 Å². The third kappa shape index (κ3) is 1.92. The third-order valence-electron chi connectivity index (χ3n) is 3.13. The van der Waals surface area contributed by atoms with Crippen molar-refractivity contribution in [2.24, 2.45) is 11.7 Å². The van der Waals surface area contributed by atoms with Gasteiger partial charge in [-0.2, -0.15) is 0 Å². The molecule has 0 aliphatic heterocycles. The normalized spacial score (nSPS) is 15.4. The summed E-state index contributed by atoms with van der Waals surface area (Å²) in [6, 6.07) is 8.67. The molecule has 80 valence electrons. The van der Waals surface area contributed by atoms with Gasteiger partial charge >= 0.3 is 0 Å². The lowest BCUT2D eigenvalue weighted by Gasteiger charge is -2.17. The van der Waals surface area contributed by atoms with Crippen LogP contribution >= 0.6 is 11.3 Å². The van der Waals surface area contributed by atoms with Crippen LogP contribution in [0.2, 0.25) is 0 Å². The van der Waals surface area contributed by atoms with Crippen molar-refractivity contribution in [3.63, 3.8) is 0 Å². The fraction of sp³-hybridized carbons (Fsp3) is 0.385. The molecular weight excluding hydrogens is 202 g/mol. The van der Waals surface area contributed by atoms with Crippen molar-refractivity contribution in [3.8, 4) is 0 Å². The lowest BCUT2D eigenvalue weighted by molar-refractivity contribution is 0.460. The van der Waals surface area contributed by atoms with Crippen molar-refractivity contribution in [2.45, 2.75) is 26.3 Å². The Hall–Kier alpha value is -0.860. The van der Waals surface area contributed by atoms with E-state index in [4.69, 9.17) is 5.73 Å². The fourth-order valence-electron chi connectivity index (χ4n) is 1.82. The highest BCUT2D eigenvalue weighted by molar-refractivity contribution is 7.17. The molecule has 1 aromatic carbocycles. The first kappa shape index (κ1) is 10.7. The Kier molecular flexibility index (Phi) is 3.08. The van der Waals surface area contributed by atoms with Gasteiger partial charge in [0, 0.05) is 10.7 Å². The lowest BCUT2D eigenvalue weighted by atomic mass is 9.93. The molecule has 1 aromatic heterocycles. The highest BCUT2D eigenvalue weighted by Gasteiger charge is 2.16. The average Bonchev–Trinajstić information content (AvgIpc) is 2.70. The van der Waals surface area contributed by atoms with Gasteiger partial charge in [-0.05, 0) is 28.3 Å². The minimum absolute atomic E-state index is 0.172. The van der Waals surface area contributed by atoms with Gasteiger partial charge in [-0.25, -0.2) is 0 Å². The standard InChI is InChI=1S/C13H17NS/c1-3-9(2)13(14)11-8-15-12-7-5-4-6-10(11)12/h4-9,13H,3,14H2,1-2H3/t9?,13-/m0/s1. The summed E-state index contributed by atoms with van der Waals surface area (Å²) in [6.45, 7) is 4.41. The maximum atomic E-state index is 6.27. The largest absolute Gasteiger partial charge is 0.324 e. The molecule has 2 atom stereocenters. The lowest BCUT2D eigenvalue weighted by Crippen LogP contribution is -2.17. The molecule has 0 amide bonds. The van der Waals surface area contributed by atoms with Crippen molar-refractivity contribution in [2.75, 3.05) is 0 Å². The maximum absolute atomic E-state index is 6.27. The van der Waals surface area contributed by atoms with E-state index in [2.05, 4.69) is 43.5 Å². The third-order valence-corrected chi connectivity index (χ3v) is 4.11. The Bertz CT molecular complexity index is 446. The van der Waals surface area contributed by atoms with Crippen molar-refractivity contribution < 1.29 is 0 Å². The SMILES string of the molecule is CCC(C)[C@H](N)c1csc2ccccc12. The van der Waals surface area contributed by atoms with Gasteiger partial charge in [0.1, 0.15) is 0 Å². The van der Waals surface area contributed by atoms with Gasteiger partial charge in [-0.1, -0.05) is 38.5 Å². The van der Waals surface area contributed by atoms with Gasteiger partial charge < -0.3 is 5.73 Å². The molecular formula is C13H17NS. The molecule has 0 radical (unpaired) electrons.